The molecule has 1 aliphatic carbocycles. The Hall–Kier alpha value is -1.77. The summed E-state index contributed by atoms with van der Waals surface area (Å²) >= 11 is 0. The average Bonchev–Trinajstić information content (AvgIpc) is 2.46. The van der Waals surface area contributed by atoms with E-state index in [4.69, 9.17) is 9.15 Å². The molecule has 1 unspecified atom stereocenters. The molecule has 0 bridgehead atoms. The normalized spacial score (nSPS) is 29.5. The Labute approximate surface area is 130 Å². The fourth-order valence-corrected chi connectivity index (χ4v) is 4.44. The summed E-state index contributed by atoms with van der Waals surface area (Å²) < 4.78 is 11.9. The van der Waals surface area contributed by atoms with Crippen molar-refractivity contribution in [3.05, 3.63) is 40.2 Å². The van der Waals surface area contributed by atoms with Gasteiger partial charge in [0.05, 0.1) is 10.9 Å². The second kappa shape index (κ2) is 4.61. The van der Waals surface area contributed by atoms with Crippen LogP contribution >= 0.6 is 0 Å². The van der Waals surface area contributed by atoms with Gasteiger partial charge >= 0.3 is 5.63 Å². The van der Waals surface area contributed by atoms with Gasteiger partial charge in [0, 0.05) is 11.8 Å². The molecule has 1 fully saturated rings. The van der Waals surface area contributed by atoms with E-state index < -0.39 is 0 Å². The van der Waals surface area contributed by atoms with Crippen LogP contribution < -0.4 is 10.4 Å². The lowest BCUT2D eigenvalue weighted by Gasteiger charge is -2.48. The molecule has 3 atom stereocenters. The standard InChI is InChI=1S/C19H22O3/c1-11-8-9-14-13(10-11)16-17(22-19(14,2)3)12-6-4-5-7-15(12)21-18(16)20/h4-7,11,13-14H,8-10H2,1-3H3/t11?,13-,14-/m1/s1. The number of fused-ring (bicyclic) bond motifs is 5. The van der Waals surface area contributed by atoms with Gasteiger partial charge in [-0.15, -0.1) is 0 Å². The van der Waals surface area contributed by atoms with Crippen LogP contribution in [-0.4, -0.2) is 5.60 Å². The van der Waals surface area contributed by atoms with Gasteiger partial charge in [0.1, 0.15) is 16.9 Å². The van der Waals surface area contributed by atoms with Crippen molar-refractivity contribution in [2.24, 2.45) is 11.8 Å². The molecule has 2 heterocycles. The quantitative estimate of drug-likeness (QED) is 0.673. The van der Waals surface area contributed by atoms with Gasteiger partial charge in [-0.3, -0.25) is 0 Å². The third-order valence-corrected chi connectivity index (χ3v) is 5.54. The van der Waals surface area contributed by atoms with Crippen molar-refractivity contribution < 1.29 is 9.15 Å². The topological polar surface area (TPSA) is 39.4 Å². The molecule has 0 saturated heterocycles. The Kier molecular flexibility index (Phi) is 2.91. The molecule has 0 amide bonds. The van der Waals surface area contributed by atoms with Gasteiger partial charge in [-0.25, -0.2) is 4.79 Å². The summed E-state index contributed by atoms with van der Waals surface area (Å²) in [5.41, 5.74) is 0.932. The second-order valence-corrected chi connectivity index (χ2v) is 7.47. The molecule has 0 spiro atoms. The van der Waals surface area contributed by atoms with E-state index in [0.717, 1.165) is 29.5 Å². The molecule has 1 aromatic carbocycles. The molecule has 3 nitrogen and oxygen atoms in total. The summed E-state index contributed by atoms with van der Waals surface area (Å²) in [4.78, 5) is 12.6. The van der Waals surface area contributed by atoms with Crippen LogP contribution in [-0.2, 0) is 0 Å². The third-order valence-electron chi connectivity index (χ3n) is 5.54. The molecule has 2 aliphatic rings. The molecule has 0 radical (unpaired) electrons. The highest BCUT2D eigenvalue weighted by molar-refractivity contribution is 5.85. The van der Waals surface area contributed by atoms with E-state index in [2.05, 4.69) is 20.8 Å². The zero-order chi connectivity index (χ0) is 15.5. The van der Waals surface area contributed by atoms with Crippen LogP contribution in [0.5, 0.6) is 5.75 Å². The van der Waals surface area contributed by atoms with Crippen molar-refractivity contribution in [3.8, 4) is 5.75 Å². The molecule has 4 rings (SSSR count). The first kappa shape index (κ1) is 13.9. The lowest BCUT2D eigenvalue weighted by Crippen LogP contribution is -2.48. The first-order valence-electron chi connectivity index (χ1n) is 8.22. The molecule has 3 heteroatoms. The zero-order valence-corrected chi connectivity index (χ0v) is 13.4. The Morgan fingerprint density at radius 3 is 2.77 bits per heavy atom. The van der Waals surface area contributed by atoms with E-state index in [9.17, 15) is 4.79 Å². The number of rotatable bonds is 0. The summed E-state index contributed by atoms with van der Waals surface area (Å²) in [6, 6.07) is 7.68. The van der Waals surface area contributed by atoms with Gasteiger partial charge in [0.25, 0.3) is 0 Å². The van der Waals surface area contributed by atoms with Gasteiger partial charge in [-0.2, -0.15) is 0 Å². The predicted molar refractivity (Wildman–Crippen MR) is 86.4 cm³/mol. The highest BCUT2D eigenvalue weighted by Gasteiger charge is 2.48. The van der Waals surface area contributed by atoms with Crippen LogP contribution in [0.4, 0.5) is 0 Å². The van der Waals surface area contributed by atoms with Crippen molar-refractivity contribution in [1.82, 2.24) is 0 Å². The third kappa shape index (κ3) is 1.91. The fourth-order valence-electron chi connectivity index (χ4n) is 4.44. The summed E-state index contributed by atoms with van der Waals surface area (Å²) in [6.07, 6.45) is 3.38. The van der Waals surface area contributed by atoms with Gasteiger partial charge < -0.3 is 9.15 Å². The van der Waals surface area contributed by atoms with Crippen molar-refractivity contribution >= 4 is 11.0 Å². The first-order valence-corrected chi connectivity index (χ1v) is 8.22. The second-order valence-electron chi connectivity index (χ2n) is 7.47. The van der Waals surface area contributed by atoms with Crippen LogP contribution in [0.15, 0.2) is 33.5 Å². The van der Waals surface area contributed by atoms with Crippen molar-refractivity contribution in [2.45, 2.75) is 51.6 Å². The summed E-state index contributed by atoms with van der Waals surface area (Å²) in [6.45, 7) is 6.60. The van der Waals surface area contributed by atoms with Crippen LogP contribution in [0, 0.1) is 11.8 Å². The van der Waals surface area contributed by atoms with E-state index in [1.165, 1.54) is 6.42 Å². The van der Waals surface area contributed by atoms with Crippen LogP contribution in [0.1, 0.15) is 51.5 Å². The monoisotopic (exact) mass is 298 g/mol. The van der Waals surface area contributed by atoms with Crippen molar-refractivity contribution in [3.63, 3.8) is 0 Å². The Morgan fingerprint density at radius 1 is 1.18 bits per heavy atom. The van der Waals surface area contributed by atoms with E-state index >= 15 is 0 Å². The molecular formula is C19H22O3. The average molecular weight is 298 g/mol. The van der Waals surface area contributed by atoms with E-state index in [0.29, 0.717) is 17.4 Å². The molecule has 2 aromatic rings. The number of hydrogen-bond donors (Lipinski definition) is 0. The fraction of sp³-hybridized carbons (Fsp3) is 0.526. The molecule has 1 aromatic heterocycles. The van der Waals surface area contributed by atoms with E-state index in [1.54, 1.807) is 0 Å². The molecule has 22 heavy (non-hydrogen) atoms. The number of para-hydroxylation sites is 1. The van der Waals surface area contributed by atoms with Gasteiger partial charge in [0.2, 0.25) is 0 Å². The SMILES string of the molecule is CC1CC[C@@H]2[C@@H](C1)c1c(c3ccccc3oc1=O)OC2(C)C. The van der Waals surface area contributed by atoms with Gasteiger partial charge in [-0.1, -0.05) is 25.5 Å². The Balaban J connectivity index is 2.00. The minimum atomic E-state index is -0.242. The van der Waals surface area contributed by atoms with Gasteiger partial charge in [0.15, 0.2) is 0 Å². The lowest BCUT2D eigenvalue weighted by atomic mass is 9.64. The highest BCUT2D eigenvalue weighted by atomic mass is 16.5. The molecule has 1 aliphatic heterocycles. The molecule has 0 N–H and O–H groups in total. The molecular weight excluding hydrogens is 276 g/mol. The minimum Gasteiger partial charge on any atom is -0.486 e. The maximum Gasteiger partial charge on any atom is 0.343 e. The highest BCUT2D eigenvalue weighted by Crippen LogP contribution is 2.53. The number of hydrogen-bond acceptors (Lipinski definition) is 3. The van der Waals surface area contributed by atoms with E-state index in [1.807, 2.05) is 24.3 Å². The predicted octanol–water partition coefficient (Wildman–Crippen LogP) is 4.48. The van der Waals surface area contributed by atoms with Crippen LogP contribution in [0.3, 0.4) is 0 Å². The van der Waals surface area contributed by atoms with Crippen molar-refractivity contribution in [1.29, 1.82) is 0 Å². The van der Waals surface area contributed by atoms with Crippen LogP contribution in [0.2, 0.25) is 0 Å². The summed E-state index contributed by atoms with van der Waals surface area (Å²) in [5, 5.41) is 0.918. The molecule has 116 valence electrons. The van der Waals surface area contributed by atoms with Gasteiger partial charge in [-0.05, 0) is 44.7 Å². The molecule has 1 saturated carbocycles. The maximum absolute atomic E-state index is 12.6. The maximum atomic E-state index is 12.6. The number of benzene rings is 1. The Bertz CT molecular complexity index is 787. The number of ether oxygens (including phenoxy) is 1. The summed E-state index contributed by atoms with van der Waals surface area (Å²) in [7, 11) is 0. The van der Waals surface area contributed by atoms with Crippen molar-refractivity contribution in [2.75, 3.05) is 0 Å². The minimum absolute atomic E-state index is 0.215. The van der Waals surface area contributed by atoms with E-state index in [-0.39, 0.29) is 17.1 Å². The lowest BCUT2D eigenvalue weighted by molar-refractivity contribution is -0.0138. The first-order chi connectivity index (χ1) is 10.5. The van der Waals surface area contributed by atoms with Crippen LogP contribution in [0.25, 0.3) is 11.0 Å². The smallest absolute Gasteiger partial charge is 0.343 e. The zero-order valence-electron chi connectivity index (χ0n) is 13.4. The Morgan fingerprint density at radius 2 is 1.95 bits per heavy atom. The summed E-state index contributed by atoms with van der Waals surface area (Å²) in [5.74, 6) is 2.05. The largest absolute Gasteiger partial charge is 0.486 e.